The molecule has 0 fully saturated rings. The molecule has 25 N–H and O–H groups in total. The van der Waals surface area contributed by atoms with Crippen molar-refractivity contribution in [2.45, 2.75) is 219 Å². The lowest BCUT2D eigenvalue weighted by atomic mass is 9.95. The number of carbonyl (C=O) groups excluding carboxylic acids is 16. The van der Waals surface area contributed by atoms with E-state index in [0.29, 0.717) is 0 Å². The van der Waals surface area contributed by atoms with Crippen molar-refractivity contribution in [3.8, 4) is 0 Å². The Morgan fingerprint density at radius 2 is 0.663 bits per heavy atom. The van der Waals surface area contributed by atoms with Gasteiger partial charge in [0, 0.05) is 6.42 Å². The molecule has 16 atom stereocenters. The molecule has 0 aromatic rings. The number of carbonyl (C=O) groups is 20. The van der Waals surface area contributed by atoms with Crippen LogP contribution < -0.4 is 91.2 Å². The van der Waals surface area contributed by atoms with E-state index >= 15 is 0 Å². The maximum Gasteiger partial charge on any atom is 0.326 e. The zero-order valence-corrected chi connectivity index (χ0v) is 59.8. The molecule has 0 radical (unpaired) electrons. The molecule has 586 valence electrons. The van der Waals surface area contributed by atoms with Crippen molar-refractivity contribution < 1.29 is 127 Å². The number of aliphatic hydroxyl groups excluding tert-OH is 2. The number of hydrogen-bond donors (Lipinski definition) is 23. The summed E-state index contributed by atoms with van der Waals surface area (Å²) >= 11 is 0. The number of primary amides is 1. The highest BCUT2D eigenvalue weighted by molar-refractivity contribution is 6.01. The fourth-order valence-corrected chi connectivity index (χ4v) is 8.96. The molecule has 0 aliphatic heterocycles. The van der Waals surface area contributed by atoms with E-state index in [2.05, 4.69) is 79.8 Å². The number of nitrogens with two attached hydrogens (primary N) is 2. The summed E-state index contributed by atoms with van der Waals surface area (Å²) in [4.78, 5) is 256. The molecule has 43 heteroatoms. The molecule has 0 aromatic carbocycles. The second-order valence-corrected chi connectivity index (χ2v) is 25.5. The van der Waals surface area contributed by atoms with Crippen molar-refractivity contribution in [1.29, 1.82) is 0 Å². The zero-order valence-electron chi connectivity index (χ0n) is 59.8. The first kappa shape index (κ1) is 93.3. The third-order valence-corrected chi connectivity index (χ3v) is 15.3. The van der Waals surface area contributed by atoms with Gasteiger partial charge in [0.1, 0.15) is 72.5 Å². The van der Waals surface area contributed by atoms with Crippen LogP contribution in [0.5, 0.6) is 0 Å². The Hall–Kier alpha value is -10.7. The summed E-state index contributed by atoms with van der Waals surface area (Å²) < 4.78 is 0. The van der Waals surface area contributed by atoms with E-state index in [1.165, 1.54) is 48.5 Å². The van der Waals surface area contributed by atoms with Gasteiger partial charge in [0.15, 0.2) is 0 Å². The van der Waals surface area contributed by atoms with Crippen molar-refractivity contribution >= 4 is 118 Å². The number of amides is 16. The van der Waals surface area contributed by atoms with Gasteiger partial charge in [0.2, 0.25) is 94.5 Å². The predicted molar refractivity (Wildman–Crippen MR) is 357 cm³/mol. The molecule has 104 heavy (non-hydrogen) atoms. The number of carboxylic acid groups (broad SMARTS) is 4. The van der Waals surface area contributed by atoms with E-state index in [-0.39, 0.29) is 6.42 Å². The van der Waals surface area contributed by atoms with E-state index in [1.54, 1.807) is 13.8 Å². The molecular formula is C61H101N17O26. The number of nitrogens with one attached hydrogen (secondary N) is 15. The van der Waals surface area contributed by atoms with E-state index < -0.39 is 285 Å². The fraction of sp³-hybridized carbons (Fsp3) is 0.672. The monoisotopic (exact) mass is 1490 g/mol. The van der Waals surface area contributed by atoms with Crippen molar-refractivity contribution in [3.05, 3.63) is 0 Å². The van der Waals surface area contributed by atoms with Gasteiger partial charge < -0.3 is 122 Å². The van der Waals surface area contributed by atoms with Crippen molar-refractivity contribution in [3.63, 3.8) is 0 Å². The lowest BCUT2D eigenvalue weighted by molar-refractivity contribution is -0.143. The van der Waals surface area contributed by atoms with Crippen molar-refractivity contribution in [2.24, 2.45) is 35.1 Å². The van der Waals surface area contributed by atoms with E-state index in [0.717, 1.165) is 27.7 Å². The summed E-state index contributed by atoms with van der Waals surface area (Å²) in [6.07, 6.45) is -6.94. The van der Waals surface area contributed by atoms with Crippen molar-refractivity contribution in [1.82, 2.24) is 79.8 Å². The van der Waals surface area contributed by atoms with E-state index in [1.807, 2.05) is 0 Å². The average Bonchev–Trinajstić information content (AvgIpc) is 0.848. The lowest BCUT2D eigenvalue weighted by Crippen LogP contribution is -2.63. The van der Waals surface area contributed by atoms with Gasteiger partial charge in [-0.05, 0) is 64.7 Å². The maximum absolute atomic E-state index is 14.0. The number of aliphatic carboxylic acids is 4. The molecule has 0 heterocycles. The average molecular weight is 1490 g/mol. The first-order valence-corrected chi connectivity index (χ1v) is 32.8. The molecule has 0 saturated heterocycles. The highest BCUT2D eigenvalue weighted by Gasteiger charge is 2.39. The third-order valence-electron chi connectivity index (χ3n) is 15.3. The third kappa shape index (κ3) is 34.3. The van der Waals surface area contributed by atoms with Gasteiger partial charge in [-0.25, -0.2) is 4.79 Å². The van der Waals surface area contributed by atoms with Crippen LogP contribution >= 0.6 is 0 Å². The maximum atomic E-state index is 14.0. The highest BCUT2D eigenvalue weighted by atomic mass is 16.4. The second kappa shape index (κ2) is 45.3. The Morgan fingerprint density at radius 1 is 0.327 bits per heavy atom. The molecule has 0 spiro atoms. The molecule has 0 aliphatic rings. The van der Waals surface area contributed by atoms with Crippen LogP contribution in [-0.2, 0) is 95.9 Å². The number of hydrogen-bond acceptors (Lipinski definition) is 23. The summed E-state index contributed by atoms with van der Waals surface area (Å²) in [6.45, 7) is 15.2. The largest absolute Gasteiger partial charge is 0.481 e. The van der Waals surface area contributed by atoms with Gasteiger partial charge >= 0.3 is 23.9 Å². The van der Waals surface area contributed by atoms with Crippen LogP contribution in [0.3, 0.4) is 0 Å². The highest BCUT2D eigenvalue weighted by Crippen LogP contribution is 2.14. The molecule has 0 rings (SSSR count). The molecule has 0 bridgehead atoms. The standard InChI is InChI=1S/C61H101N17O26/c1-14-26(8)46(77-57(99)45(25(6)7)76-60(102)48(31(13)80)78-52(94)32(62)17-41(87)88)58(100)75-44(24(4)5)56(98)71-34(19-42(89)90)53(95)66-21-38(83)64-20-37(82)65-22-39(84)73-47(30(12)79)59(101)69-27(9)49(91)70-33(15-16-40(85)86)54(96)67-29(11)51(93)74-43(23(2)3)55(97)68-28(10)50(92)72-35(61(103)104)18-36(63)81/h23-35,43-48,79-80H,14-22,62H2,1-13H3,(H2,63,81)(H,64,83)(H,65,82)(H,66,95)(H,67,96)(H,68,97)(H,69,101)(H,70,91)(H,71,98)(H,72,92)(H,73,84)(H,74,93)(H,75,100)(H,76,102)(H,77,99)(H,78,94)(H,85,86)(H,87,88)(H,89,90)(H,103,104)/t26-,27-,28-,29-,30+,31+,32-,33-,34-,35-,43-,44-,45-,46-,47-,48-/m0/s1. The summed E-state index contributed by atoms with van der Waals surface area (Å²) in [7, 11) is 0. The van der Waals surface area contributed by atoms with Gasteiger partial charge in [0.05, 0.1) is 57.1 Å². The van der Waals surface area contributed by atoms with Gasteiger partial charge in [-0.15, -0.1) is 0 Å². The molecule has 16 amide bonds. The quantitative estimate of drug-likeness (QED) is 0.0269. The predicted octanol–water partition coefficient (Wildman–Crippen LogP) is -9.91. The van der Waals surface area contributed by atoms with E-state index in [9.17, 15) is 121 Å². The van der Waals surface area contributed by atoms with Crippen LogP contribution in [0.4, 0.5) is 0 Å². The van der Waals surface area contributed by atoms with Crippen LogP contribution in [0.1, 0.15) is 129 Å². The normalized spacial score (nSPS) is 15.7. The van der Waals surface area contributed by atoms with Gasteiger partial charge in [-0.1, -0.05) is 61.8 Å². The Morgan fingerprint density at radius 3 is 1.08 bits per heavy atom. The van der Waals surface area contributed by atoms with Crippen molar-refractivity contribution in [2.75, 3.05) is 19.6 Å². The summed E-state index contributed by atoms with van der Waals surface area (Å²) in [6, 6.07) is -20.7. The van der Waals surface area contributed by atoms with Gasteiger partial charge in [-0.3, -0.25) is 91.1 Å². The minimum absolute atomic E-state index is 0.254. The summed E-state index contributed by atoms with van der Waals surface area (Å²) in [5.74, 6) is -25.9. The topological polar surface area (TPSA) is 695 Å². The Kier molecular flexibility index (Phi) is 40.6. The smallest absolute Gasteiger partial charge is 0.326 e. The Labute approximate surface area is 597 Å². The molecule has 43 nitrogen and oxygen atoms in total. The second-order valence-electron chi connectivity index (χ2n) is 25.5. The minimum Gasteiger partial charge on any atom is -0.481 e. The van der Waals surface area contributed by atoms with E-state index in [4.69, 9.17) is 16.6 Å². The van der Waals surface area contributed by atoms with Crippen LogP contribution in [0.2, 0.25) is 0 Å². The Balaban J connectivity index is 5.83. The number of aliphatic hydroxyl groups is 2. The Bertz CT molecular complexity index is 3130. The summed E-state index contributed by atoms with van der Waals surface area (Å²) in [5.41, 5.74) is 10.6. The molecule has 0 aliphatic carbocycles. The first-order valence-electron chi connectivity index (χ1n) is 32.8. The first-order chi connectivity index (χ1) is 48.1. The fourth-order valence-electron chi connectivity index (χ4n) is 8.96. The molecule has 0 unspecified atom stereocenters. The van der Waals surface area contributed by atoms with Crippen LogP contribution in [0.25, 0.3) is 0 Å². The van der Waals surface area contributed by atoms with Crippen LogP contribution in [-0.4, -0.2) is 259 Å². The van der Waals surface area contributed by atoms with Crippen LogP contribution in [0, 0.1) is 23.7 Å². The number of carboxylic acids is 4. The molecule has 0 aromatic heterocycles. The molecule has 0 saturated carbocycles. The SMILES string of the molecule is CC[C@H](C)[C@H](NC(=O)[C@@H](NC(=O)[C@@H](NC(=O)[C@@H](N)CC(=O)O)[C@@H](C)O)C(C)C)C(=O)N[C@H](C(=O)N[C@@H](CC(=O)O)C(=O)NCC(=O)NCC(=O)NCC(=O)N[C@H](C(=O)N[C@@H](C)C(=O)N[C@@H](CCC(=O)O)C(=O)N[C@@H](C)C(=O)N[C@H](C(=O)N[C@@H](C)C(=O)N[C@@H](CC(N)=O)C(=O)O)C(C)C)[C@@H](C)O)C(C)C. The zero-order chi connectivity index (χ0) is 80.5. The number of rotatable bonds is 47. The van der Waals surface area contributed by atoms with Gasteiger partial charge in [-0.2, -0.15) is 0 Å². The van der Waals surface area contributed by atoms with Gasteiger partial charge in [0.25, 0.3) is 0 Å². The lowest BCUT2D eigenvalue weighted by Gasteiger charge is -2.31. The minimum atomic E-state index is -1.90. The van der Waals surface area contributed by atoms with Crippen LogP contribution in [0.15, 0.2) is 0 Å². The summed E-state index contributed by atoms with van der Waals surface area (Å²) in [5, 5.41) is 91.8. The molecular weight excluding hydrogens is 1390 g/mol.